The Morgan fingerprint density at radius 1 is 1.50 bits per heavy atom. The summed E-state index contributed by atoms with van der Waals surface area (Å²) in [7, 11) is 1.56. The van der Waals surface area contributed by atoms with Gasteiger partial charge in [-0.25, -0.2) is 4.79 Å². The van der Waals surface area contributed by atoms with E-state index in [-0.39, 0.29) is 5.91 Å². The molecule has 1 rings (SSSR count). The fraction of sp³-hybridized carbons (Fsp3) is 0.667. The second kappa shape index (κ2) is 7.13. The summed E-state index contributed by atoms with van der Waals surface area (Å²) in [5, 5.41) is 8.81. The van der Waals surface area contributed by atoms with Crippen molar-refractivity contribution in [1.82, 2.24) is 4.90 Å². The van der Waals surface area contributed by atoms with E-state index in [1.807, 2.05) is 0 Å². The Morgan fingerprint density at radius 3 is 2.67 bits per heavy atom. The number of carboxylic acids is 1. The molecule has 1 fully saturated rings. The molecule has 0 bridgehead atoms. The third-order valence-corrected chi connectivity index (χ3v) is 2.80. The highest BCUT2D eigenvalue weighted by Gasteiger charge is 2.36. The molecule has 1 N–H and O–H groups in total. The number of carbonyl (C=O) groups excluding carboxylic acids is 1. The molecule has 102 valence electrons. The molecule has 2 atom stereocenters. The molecule has 0 radical (unpaired) electrons. The molecule has 0 spiro atoms. The first-order valence-corrected chi connectivity index (χ1v) is 5.87. The van der Waals surface area contributed by atoms with Crippen molar-refractivity contribution in [2.24, 2.45) is 0 Å². The number of aliphatic carboxylic acids is 1. The zero-order chi connectivity index (χ0) is 13.5. The maximum atomic E-state index is 12.1. The van der Waals surface area contributed by atoms with Gasteiger partial charge in [0.1, 0.15) is 6.10 Å². The Kier molecular flexibility index (Phi) is 5.80. The molecule has 0 aromatic carbocycles. The van der Waals surface area contributed by atoms with E-state index in [0.29, 0.717) is 32.5 Å². The molecule has 0 aromatic rings. The number of methoxy groups -OCH3 is 1. The van der Waals surface area contributed by atoms with Crippen LogP contribution in [-0.4, -0.2) is 60.9 Å². The van der Waals surface area contributed by atoms with Crippen LogP contribution in [0.5, 0.6) is 0 Å². The summed E-state index contributed by atoms with van der Waals surface area (Å²) in [4.78, 5) is 24.4. The van der Waals surface area contributed by atoms with Crippen LogP contribution in [0.25, 0.3) is 0 Å². The first-order valence-electron chi connectivity index (χ1n) is 5.87. The van der Waals surface area contributed by atoms with Crippen molar-refractivity contribution in [2.45, 2.75) is 25.0 Å². The lowest BCUT2D eigenvalue weighted by atomic mass is 10.2. The fourth-order valence-corrected chi connectivity index (χ4v) is 1.85. The summed E-state index contributed by atoms with van der Waals surface area (Å²) >= 11 is 0. The quantitative estimate of drug-likeness (QED) is 0.663. The molecule has 6 nitrogen and oxygen atoms in total. The van der Waals surface area contributed by atoms with Gasteiger partial charge in [0.2, 0.25) is 0 Å². The maximum absolute atomic E-state index is 12.1. The third kappa shape index (κ3) is 3.82. The zero-order valence-corrected chi connectivity index (χ0v) is 10.5. The van der Waals surface area contributed by atoms with Gasteiger partial charge in [-0.05, 0) is 12.8 Å². The lowest BCUT2D eigenvalue weighted by Crippen LogP contribution is -2.41. The number of hydrogen-bond donors (Lipinski definition) is 1. The minimum Gasteiger partial charge on any atom is -0.479 e. The van der Waals surface area contributed by atoms with E-state index in [1.165, 1.54) is 0 Å². The maximum Gasteiger partial charge on any atom is 0.332 e. The van der Waals surface area contributed by atoms with Crippen LogP contribution in [0, 0.1) is 0 Å². The minimum atomic E-state index is -1.02. The number of nitrogens with zero attached hydrogens (tertiary/aromatic N) is 1. The molecule has 2 unspecified atom stereocenters. The molecule has 1 saturated heterocycles. The van der Waals surface area contributed by atoms with Crippen LogP contribution in [0.4, 0.5) is 0 Å². The van der Waals surface area contributed by atoms with Crippen molar-refractivity contribution in [2.75, 3.05) is 26.8 Å². The van der Waals surface area contributed by atoms with Crippen molar-refractivity contribution in [3.63, 3.8) is 0 Å². The van der Waals surface area contributed by atoms with E-state index in [2.05, 4.69) is 6.58 Å². The van der Waals surface area contributed by atoms with Crippen LogP contribution in [0.15, 0.2) is 12.7 Å². The summed E-state index contributed by atoms with van der Waals surface area (Å²) in [6.45, 7) is 4.86. The molecule has 6 heteroatoms. The molecule has 0 saturated carbocycles. The molecule has 0 aliphatic carbocycles. The summed E-state index contributed by atoms with van der Waals surface area (Å²) < 4.78 is 10.2. The van der Waals surface area contributed by atoms with E-state index in [9.17, 15) is 9.59 Å². The molecule has 18 heavy (non-hydrogen) atoms. The van der Waals surface area contributed by atoms with Gasteiger partial charge < -0.3 is 19.5 Å². The third-order valence-electron chi connectivity index (χ3n) is 2.80. The first-order chi connectivity index (χ1) is 8.60. The van der Waals surface area contributed by atoms with Gasteiger partial charge in [-0.1, -0.05) is 6.08 Å². The second-order valence-electron chi connectivity index (χ2n) is 4.09. The van der Waals surface area contributed by atoms with E-state index in [4.69, 9.17) is 14.6 Å². The van der Waals surface area contributed by atoms with Gasteiger partial charge in [-0.2, -0.15) is 0 Å². The Hall–Kier alpha value is -1.40. The SMILES string of the molecule is C=CCN(CCOC)C(=O)C1CCC(C(=O)O)O1. The standard InChI is InChI=1S/C12H19NO5/c1-3-6-13(7-8-17-2)11(14)9-4-5-10(18-9)12(15)16/h3,9-10H,1,4-8H2,2H3,(H,15,16). The molecule has 1 amide bonds. The largest absolute Gasteiger partial charge is 0.479 e. The molecule has 0 aromatic heterocycles. The minimum absolute atomic E-state index is 0.198. The number of hydrogen-bond acceptors (Lipinski definition) is 4. The predicted octanol–water partition coefficient (Wildman–Crippen LogP) is 0.280. The van der Waals surface area contributed by atoms with Crippen LogP contribution in [0.3, 0.4) is 0 Å². The number of amides is 1. The fourth-order valence-electron chi connectivity index (χ4n) is 1.85. The smallest absolute Gasteiger partial charge is 0.332 e. The van der Waals surface area contributed by atoms with Crippen molar-refractivity contribution >= 4 is 11.9 Å². The van der Waals surface area contributed by atoms with Crippen LogP contribution >= 0.6 is 0 Å². The van der Waals surface area contributed by atoms with Crippen LogP contribution in [-0.2, 0) is 19.1 Å². The Bertz CT molecular complexity index is 318. The van der Waals surface area contributed by atoms with Gasteiger partial charge in [0.25, 0.3) is 5.91 Å². The molecular formula is C12H19NO5. The summed E-state index contributed by atoms with van der Waals surface area (Å²) in [6.07, 6.45) is 0.904. The number of rotatable bonds is 7. The highest BCUT2D eigenvalue weighted by molar-refractivity contribution is 5.82. The molecule has 1 aliphatic heterocycles. The highest BCUT2D eigenvalue weighted by Crippen LogP contribution is 2.21. The van der Waals surface area contributed by atoms with Crippen molar-refractivity contribution in [1.29, 1.82) is 0 Å². The zero-order valence-electron chi connectivity index (χ0n) is 10.5. The van der Waals surface area contributed by atoms with Crippen molar-refractivity contribution in [3.05, 3.63) is 12.7 Å². The van der Waals surface area contributed by atoms with Crippen molar-refractivity contribution < 1.29 is 24.2 Å². The monoisotopic (exact) mass is 257 g/mol. The van der Waals surface area contributed by atoms with Gasteiger partial charge in [0.15, 0.2) is 6.10 Å². The Morgan fingerprint density at radius 2 is 2.17 bits per heavy atom. The normalized spacial score (nSPS) is 22.7. The van der Waals surface area contributed by atoms with Gasteiger partial charge in [0.05, 0.1) is 6.61 Å². The summed E-state index contributed by atoms with van der Waals surface area (Å²) in [5.41, 5.74) is 0. The summed E-state index contributed by atoms with van der Waals surface area (Å²) in [5.74, 6) is -1.21. The first kappa shape index (κ1) is 14.7. The van der Waals surface area contributed by atoms with Crippen LogP contribution < -0.4 is 0 Å². The Labute approximate surface area is 106 Å². The average molecular weight is 257 g/mol. The van der Waals surface area contributed by atoms with Crippen LogP contribution in [0.1, 0.15) is 12.8 Å². The molecule has 1 aliphatic rings. The molecule has 1 heterocycles. The van der Waals surface area contributed by atoms with Gasteiger partial charge in [-0.3, -0.25) is 4.79 Å². The van der Waals surface area contributed by atoms with E-state index in [0.717, 1.165) is 0 Å². The number of carbonyl (C=O) groups is 2. The number of ether oxygens (including phenoxy) is 2. The average Bonchev–Trinajstić information content (AvgIpc) is 2.83. The summed E-state index contributed by atoms with van der Waals surface area (Å²) in [6, 6.07) is 0. The van der Waals surface area contributed by atoms with Gasteiger partial charge >= 0.3 is 5.97 Å². The predicted molar refractivity (Wildman–Crippen MR) is 64.2 cm³/mol. The lowest BCUT2D eigenvalue weighted by Gasteiger charge is -2.23. The van der Waals surface area contributed by atoms with E-state index >= 15 is 0 Å². The van der Waals surface area contributed by atoms with Gasteiger partial charge in [-0.15, -0.1) is 6.58 Å². The topological polar surface area (TPSA) is 76.1 Å². The Balaban J connectivity index is 2.55. The van der Waals surface area contributed by atoms with Crippen molar-refractivity contribution in [3.8, 4) is 0 Å². The van der Waals surface area contributed by atoms with Crippen LogP contribution in [0.2, 0.25) is 0 Å². The highest BCUT2D eigenvalue weighted by atomic mass is 16.5. The second-order valence-corrected chi connectivity index (χ2v) is 4.09. The van der Waals surface area contributed by atoms with E-state index < -0.39 is 18.2 Å². The molecular weight excluding hydrogens is 238 g/mol. The van der Waals surface area contributed by atoms with E-state index in [1.54, 1.807) is 18.1 Å². The number of carboxylic acid groups (broad SMARTS) is 1. The van der Waals surface area contributed by atoms with Gasteiger partial charge in [0, 0.05) is 20.2 Å². The lowest BCUT2D eigenvalue weighted by molar-refractivity contribution is -0.154.